The Morgan fingerprint density at radius 3 is 2.50 bits per heavy atom. The highest BCUT2D eigenvalue weighted by Crippen LogP contribution is 2.13. The van der Waals surface area contributed by atoms with Crippen LogP contribution >= 0.6 is 0 Å². The van der Waals surface area contributed by atoms with Gasteiger partial charge >= 0.3 is 0 Å². The number of nitrogens with zero attached hydrogens (tertiary/aromatic N) is 2. The summed E-state index contributed by atoms with van der Waals surface area (Å²) in [6, 6.07) is 8.83. The van der Waals surface area contributed by atoms with Gasteiger partial charge in [-0.3, -0.25) is 14.9 Å². The number of ketones is 1. The van der Waals surface area contributed by atoms with Gasteiger partial charge in [0.25, 0.3) is 5.69 Å². The molecule has 6 nitrogen and oxygen atoms in total. The second kappa shape index (κ2) is 5.75. The van der Waals surface area contributed by atoms with Gasteiger partial charge in [-0.25, -0.2) is 0 Å². The number of nitro groups is 1. The summed E-state index contributed by atoms with van der Waals surface area (Å²) in [4.78, 5) is 21.8. The van der Waals surface area contributed by atoms with Gasteiger partial charge < -0.3 is 5.21 Å². The fourth-order valence-electron chi connectivity index (χ4n) is 1.58. The zero-order chi connectivity index (χ0) is 14.5. The van der Waals surface area contributed by atoms with Crippen LogP contribution in [0, 0.1) is 15.3 Å². The average molecular weight is 270 g/mol. The molecule has 2 aromatic rings. The number of carbonyl (C=O) groups excluding carboxylic acids is 1. The summed E-state index contributed by atoms with van der Waals surface area (Å²) < 4.78 is 0.549. The van der Waals surface area contributed by atoms with Crippen molar-refractivity contribution in [2.24, 2.45) is 0 Å². The molecule has 0 saturated heterocycles. The maximum absolute atomic E-state index is 11.8. The average Bonchev–Trinajstić information content (AvgIpc) is 2.45. The quantitative estimate of drug-likeness (QED) is 0.212. The number of benzene rings is 1. The molecule has 0 unspecified atom stereocenters. The Morgan fingerprint density at radius 1 is 1.20 bits per heavy atom. The van der Waals surface area contributed by atoms with Crippen molar-refractivity contribution in [2.75, 3.05) is 0 Å². The Labute approximate surface area is 114 Å². The standard InChI is InChI=1S/C14H10N2O4/c17-14(12-2-1-9-15(18)10-12)8-5-11-3-6-13(7-4-11)16(19)20/h1-10H/b8-5+. The number of nitro benzene ring substituents is 1. The number of hydrogen-bond donors (Lipinski definition) is 0. The Hall–Kier alpha value is -3.02. The first kappa shape index (κ1) is 13.4. The number of rotatable bonds is 4. The number of allylic oxidation sites excluding steroid dienone is 1. The molecule has 0 aliphatic heterocycles. The molecule has 100 valence electrons. The smallest absolute Gasteiger partial charge is 0.269 e. The molecule has 1 aromatic carbocycles. The van der Waals surface area contributed by atoms with E-state index in [1.807, 2.05) is 0 Å². The van der Waals surface area contributed by atoms with Crippen LogP contribution in [-0.4, -0.2) is 10.7 Å². The molecule has 0 amide bonds. The van der Waals surface area contributed by atoms with Crippen LogP contribution in [0.1, 0.15) is 15.9 Å². The van der Waals surface area contributed by atoms with E-state index in [4.69, 9.17) is 0 Å². The van der Waals surface area contributed by atoms with E-state index in [0.717, 1.165) is 0 Å². The molecule has 0 N–H and O–H groups in total. The highest BCUT2D eigenvalue weighted by atomic mass is 16.6. The van der Waals surface area contributed by atoms with Gasteiger partial charge in [0.15, 0.2) is 18.2 Å². The first-order valence-electron chi connectivity index (χ1n) is 5.72. The lowest BCUT2D eigenvalue weighted by atomic mass is 10.1. The second-order valence-electron chi connectivity index (χ2n) is 4.00. The van der Waals surface area contributed by atoms with Crippen LogP contribution in [0.5, 0.6) is 0 Å². The Morgan fingerprint density at radius 2 is 1.90 bits per heavy atom. The van der Waals surface area contributed by atoms with E-state index in [9.17, 15) is 20.1 Å². The fraction of sp³-hybridized carbons (Fsp3) is 0. The van der Waals surface area contributed by atoms with Crippen molar-refractivity contribution >= 4 is 17.5 Å². The van der Waals surface area contributed by atoms with E-state index in [1.54, 1.807) is 12.1 Å². The predicted octanol–water partition coefficient (Wildman–Crippen LogP) is 2.12. The van der Waals surface area contributed by atoms with Gasteiger partial charge in [-0.05, 0) is 29.8 Å². The molecular weight excluding hydrogens is 260 g/mol. The van der Waals surface area contributed by atoms with Gasteiger partial charge in [0.1, 0.15) is 0 Å². The van der Waals surface area contributed by atoms with Crippen LogP contribution in [0.4, 0.5) is 5.69 Å². The van der Waals surface area contributed by atoms with E-state index < -0.39 is 4.92 Å². The minimum absolute atomic E-state index is 0.0102. The summed E-state index contributed by atoms with van der Waals surface area (Å²) in [6.07, 6.45) is 5.32. The number of pyridine rings is 1. The van der Waals surface area contributed by atoms with Gasteiger partial charge in [-0.15, -0.1) is 0 Å². The van der Waals surface area contributed by atoms with Crippen molar-refractivity contribution in [3.8, 4) is 0 Å². The zero-order valence-electron chi connectivity index (χ0n) is 10.3. The maximum atomic E-state index is 11.8. The normalized spacial score (nSPS) is 10.6. The fourth-order valence-corrected chi connectivity index (χ4v) is 1.58. The molecule has 1 aromatic heterocycles. The lowest BCUT2D eigenvalue weighted by Gasteiger charge is -1.97. The predicted molar refractivity (Wildman–Crippen MR) is 71.9 cm³/mol. The number of hydrogen-bond acceptors (Lipinski definition) is 4. The molecule has 0 spiro atoms. The molecule has 0 aliphatic rings. The van der Waals surface area contributed by atoms with Gasteiger partial charge in [-0.2, -0.15) is 4.73 Å². The molecule has 0 bridgehead atoms. The van der Waals surface area contributed by atoms with Crippen LogP contribution < -0.4 is 4.73 Å². The SMILES string of the molecule is O=C(/C=C/c1ccc([N+](=O)[O-])cc1)c1ccc[n+]([O-])c1. The van der Waals surface area contributed by atoms with Crippen molar-refractivity contribution in [3.05, 3.63) is 81.3 Å². The Bertz CT molecular complexity index is 678. The summed E-state index contributed by atoms with van der Waals surface area (Å²) in [5, 5.41) is 21.5. The maximum Gasteiger partial charge on any atom is 0.269 e. The minimum atomic E-state index is -0.490. The number of non-ortho nitro benzene ring substituents is 1. The van der Waals surface area contributed by atoms with E-state index >= 15 is 0 Å². The lowest BCUT2D eigenvalue weighted by Crippen LogP contribution is -2.25. The van der Waals surface area contributed by atoms with Gasteiger partial charge in [0.05, 0.1) is 10.5 Å². The topological polar surface area (TPSA) is 87.1 Å². The summed E-state index contributed by atoms with van der Waals surface area (Å²) in [6.45, 7) is 0. The third-order valence-electron chi connectivity index (χ3n) is 2.59. The van der Waals surface area contributed by atoms with E-state index in [2.05, 4.69) is 0 Å². The van der Waals surface area contributed by atoms with Crippen molar-refractivity contribution in [1.82, 2.24) is 0 Å². The van der Waals surface area contributed by atoms with E-state index in [0.29, 0.717) is 10.3 Å². The summed E-state index contributed by atoms with van der Waals surface area (Å²) in [7, 11) is 0. The highest BCUT2D eigenvalue weighted by molar-refractivity contribution is 6.06. The summed E-state index contributed by atoms with van der Waals surface area (Å²) in [5.41, 5.74) is 0.930. The van der Waals surface area contributed by atoms with E-state index in [1.165, 1.54) is 48.8 Å². The largest absolute Gasteiger partial charge is 0.619 e. The van der Waals surface area contributed by atoms with Gasteiger partial charge in [0.2, 0.25) is 0 Å². The monoisotopic (exact) mass is 270 g/mol. The van der Waals surface area contributed by atoms with E-state index in [-0.39, 0.29) is 17.0 Å². The van der Waals surface area contributed by atoms with Crippen LogP contribution in [0.3, 0.4) is 0 Å². The molecule has 0 fully saturated rings. The van der Waals surface area contributed by atoms with Crippen molar-refractivity contribution in [3.63, 3.8) is 0 Å². The van der Waals surface area contributed by atoms with Crippen LogP contribution in [-0.2, 0) is 0 Å². The first-order valence-corrected chi connectivity index (χ1v) is 5.72. The molecule has 0 saturated carbocycles. The second-order valence-corrected chi connectivity index (χ2v) is 4.00. The van der Waals surface area contributed by atoms with Gasteiger partial charge in [0, 0.05) is 18.2 Å². The van der Waals surface area contributed by atoms with Crippen LogP contribution in [0.2, 0.25) is 0 Å². The minimum Gasteiger partial charge on any atom is -0.619 e. The molecule has 0 aliphatic carbocycles. The molecule has 6 heteroatoms. The Balaban J connectivity index is 2.13. The molecule has 0 radical (unpaired) electrons. The van der Waals surface area contributed by atoms with Gasteiger partial charge in [-0.1, -0.05) is 6.08 Å². The molecule has 2 rings (SSSR count). The zero-order valence-corrected chi connectivity index (χ0v) is 10.3. The highest BCUT2D eigenvalue weighted by Gasteiger charge is 2.05. The first-order chi connectivity index (χ1) is 9.56. The third kappa shape index (κ3) is 3.26. The summed E-state index contributed by atoms with van der Waals surface area (Å²) in [5.74, 6) is -0.312. The van der Waals surface area contributed by atoms with Crippen LogP contribution in [0.15, 0.2) is 54.9 Å². The van der Waals surface area contributed by atoms with Crippen molar-refractivity contribution < 1.29 is 14.4 Å². The number of aromatic nitrogens is 1. The third-order valence-corrected chi connectivity index (χ3v) is 2.59. The molecule has 1 heterocycles. The molecule has 0 atom stereocenters. The van der Waals surface area contributed by atoms with Crippen molar-refractivity contribution in [2.45, 2.75) is 0 Å². The molecule has 20 heavy (non-hydrogen) atoms. The Kier molecular flexibility index (Phi) is 3.85. The van der Waals surface area contributed by atoms with Crippen LogP contribution in [0.25, 0.3) is 6.08 Å². The molecular formula is C14H10N2O4. The summed E-state index contributed by atoms with van der Waals surface area (Å²) >= 11 is 0. The number of carbonyl (C=O) groups is 1. The van der Waals surface area contributed by atoms with Crippen molar-refractivity contribution in [1.29, 1.82) is 0 Å². The lowest BCUT2D eigenvalue weighted by molar-refractivity contribution is -0.605.